The minimum atomic E-state index is -0.731. The van der Waals surface area contributed by atoms with Crippen LogP contribution in [-0.4, -0.2) is 38.1 Å². The fourth-order valence-corrected chi connectivity index (χ4v) is 3.69. The Bertz CT molecular complexity index is 664. The van der Waals surface area contributed by atoms with E-state index in [0.717, 1.165) is 37.3 Å². The summed E-state index contributed by atoms with van der Waals surface area (Å²) in [7, 11) is 2.10. The maximum Gasteiger partial charge on any atom is 0.240 e. The van der Waals surface area contributed by atoms with Gasteiger partial charge in [0.1, 0.15) is 5.54 Å². The fourth-order valence-electron chi connectivity index (χ4n) is 3.69. The number of nitrogens with zero attached hydrogens (tertiary/aromatic N) is 3. The molecule has 1 amide bonds. The summed E-state index contributed by atoms with van der Waals surface area (Å²) in [6.45, 7) is 6.14. The van der Waals surface area contributed by atoms with Crippen molar-refractivity contribution in [3.8, 4) is 6.07 Å². The molecule has 2 atom stereocenters. The van der Waals surface area contributed by atoms with Crippen molar-refractivity contribution < 1.29 is 4.79 Å². The van der Waals surface area contributed by atoms with Crippen LogP contribution in [0, 0.1) is 23.2 Å². The molecule has 1 aliphatic carbocycles. The molecule has 1 heterocycles. The largest absolute Gasteiger partial charge is 0.373 e. The first kappa shape index (κ1) is 16.6. The molecule has 1 aromatic carbocycles. The van der Waals surface area contributed by atoms with Crippen molar-refractivity contribution in [1.82, 2.24) is 5.32 Å². The number of hydrogen-bond acceptors (Lipinski definition) is 4. The molecule has 0 unspecified atom stereocenters. The topological polar surface area (TPSA) is 59.4 Å². The molecule has 3 rings (SSSR count). The van der Waals surface area contributed by atoms with Crippen molar-refractivity contribution in [2.45, 2.75) is 32.2 Å². The van der Waals surface area contributed by atoms with E-state index in [-0.39, 0.29) is 5.91 Å². The molecule has 1 N–H and O–H groups in total. The molecule has 2 aliphatic rings. The van der Waals surface area contributed by atoms with Gasteiger partial charge in [0.05, 0.1) is 24.0 Å². The number of rotatable bonds is 4. The van der Waals surface area contributed by atoms with E-state index >= 15 is 0 Å². The van der Waals surface area contributed by atoms with Crippen molar-refractivity contribution in [2.75, 3.05) is 36.5 Å². The molecule has 1 aliphatic heterocycles. The van der Waals surface area contributed by atoms with E-state index in [9.17, 15) is 10.1 Å². The Morgan fingerprint density at radius 1 is 1.33 bits per heavy atom. The van der Waals surface area contributed by atoms with E-state index in [2.05, 4.69) is 47.3 Å². The van der Waals surface area contributed by atoms with Crippen LogP contribution in [0.25, 0.3) is 0 Å². The predicted octanol–water partition coefficient (Wildman–Crippen LogP) is 2.39. The molecule has 0 bridgehead atoms. The van der Waals surface area contributed by atoms with E-state index in [0.29, 0.717) is 18.4 Å². The van der Waals surface area contributed by atoms with E-state index in [4.69, 9.17) is 0 Å². The third kappa shape index (κ3) is 3.33. The molecule has 128 valence electrons. The summed E-state index contributed by atoms with van der Waals surface area (Å²) in [6.07, 6.45) is 2.05. The number of nitrogens with one attached hydrogen (secondary N) is 1. The third-order valence-corrected chi connectivity index (χ3v) is 5.11. The van der Waals surface area contributed by atoms with E-state index in [1.807, 2.05) is 19.1 Å². The highest BCUT2D eigenvalue weighted by atomic mass is 16.2. The second-order valence-electron chi connectivity index (χ2n) is 7.49. The second-order valence-corrected chi connectivity index (χ2v) is 7.49. The zero-order valence-electron chi connectivity index (χ0n) is 14.7. The van der Waals surface area contributed by atoms with E-state index in [1.165, 1.54) is 0 Å². The highest BCUT2D eigenvalue weighted by Crippen LogP contribution is 2.39. The van der Waals surface area contributed by atoms with Crippen molar-refractivity contribution in [3.05, 3.63) is 24.3 Å². The van der Waals surface area contributed by atoms with Gasteiger partial charge in [-0.1, -0.05) is 19.1 Å². The maximum absolute atomic E-state index is 12.6. The summed E-state index contributed by atoms with van der Waals surface area (Å²) in [5, 5.41) is 12.4. The fraction of sp³-hybridized carbons (Fsp3) is 0.579. The highest BCUT2D eigenvalue weighted by Gasteiger charge is 2.43. The van der Waals surface area contributed by atoms with Crippen molar-refractivity contribution in [1.29, 1.82) is 5.26 Å². The highest BCUT2D eigenvalue weighted by molar-refractivity contribution is 5.84. The number of benzene rings is 1. The Hall–Kier alpha value is -2.22. The normalized spacial score (nSPS) is 22.8. The van der Waals surface area contributed by atoms with Gasteiger partial charge in [0.15, 0.2) is 0 Å². The van der Waals surface area contributed by atoms with E-state index in [1.54, 1.807) is 0 Å². The van der Waals surface area contributed by atoms with E-state index < -0.39 is 5.54 Å². The van der Waals surface area contributed by atoms with Gasteiger partial charge in [-0.15, -0.1) is 0 Å². The van der Waals surface area contributed by atoms with Crippen LogP contribution in [0.5, 0.6) is 0 Å². The Kier molecular flexibility index (Phi) is 4.40. The first-order chi connectivity index (χ1) is 11.4. The number of carbonyl (C=O) groups is 1. The number of carbonyl (C=O) groups excluding carboxylic acids is 1. The first-order valence-electron chi connectivity index (χ1n) is 8.70. The Morgan fingerprint density at radius 2 is 2.00 bits per heavy atom. The molecular weight excluding hydrogens is 300 g/mol. The second kappa shape index (κ2) is 6.35. The average Bonchev–Trinajstić information content (AvgIpc) is 3.39. The summed E-state index contributed by atoms with van der Waals surface area (Å²) in [5.74, 6) is 0.686. The maximum atomic E-state index is 12.6. The van der Waals surface area contributed by atoms with Crippen LogP contribution in [0.3, 0.4) is 0 Å². The Morgan fingerprint density at radius 3 is 2.62 bits per heavy atom. The third-order valence-electron chi connectivity index (χ3n) is 5.11. The smallest absolute Gasteiger partial charge is 0.240 e. The molecule has 5 heteroatoms. The molecule has 0 spiro atoms. The summed E-state index contributed by atoms with van der Waals surface area (Å²) in [4.78, 5) is 17.0. The van der Waals surface area contributed by atoms with Crippen LogP contribution >= 0.6 is 0 Å². The number of anilines is 2. The van der Waals surface area contributed by atoms with Crippen LogP contribution in [0.2, 0.25) is 0 Å². The molecule has 1 saturated carbocycles. The lowest BCUT2D eigenvalue weighted by Crippen LogP contribution is -2.50. The minimum Gasteiger partial charge on any atom is -0.373 e. The lowest BCUT2D eigenvalue weighted by molar-refractivity contribution is -0.121. The van der Waals surface area contributed by atoms with Gasteiger partial charge in [0.2, 0.25) is 5.91 Å². The molecule has 5 nitrogen and oxygen atoms in total. The molecular formula is C19H26N4O. The van der Waals surface area contributed by atoms with Gasteiger partial charge < -0.3 is 15.1 Å². The lowest BCUT2D eigenvalue weighted by atomic mass is 9.98. The standard InChI is InChI=1S/C19H26N4O/c1-14-10-22(3)16-6-4-5-7-17(16)23(11-14)12-18(24)21-19(2,13-20)15-8-9-15/h4-7,14-15H,8-12H2,1-3H3,(H,21,24)/t14-,19-/m1/s1. The Balaban J connectivity index is 1.77. The van der Waals surface area contributed by atoms with Crippen molar-refractivity contribution >= 4 is 17.3 Å². The van der Waals surface area contributed by atoms with Gasteiger partial charge in [-0.3, -0.25) is 4.79 Å². The lowest BCUT2D eigenvalue weighted by Gasteiger charge is -2.28. The zero-order valence-corrected chi connectivity index (χ0v) is 14.7. The molecule has 0 aromatic heterocycles. The summed E-state index contributed by atoms with van der Waals surface area (Å²) in [6, 6.07) is 10.5. The summed E-state index contributed by atoms with van der Waals surface area (Å²) in [5.41, 5.74) is 1.51. The monoisotopic (exact) mass is 326 g/mol. The molecule has 0 saturated heterocycles. The first-order valence-corrected chi connectivity index (χ1v) is 8.70. The Labute approximate surface area is 144 Å². The molecule has 24 heavy (non-hydrogen) atoms. The van der Waals surface area contributed by atoms with Gasteiger partial charge in [-0.05, 0) is 43.7 Å². The molecule has 1 aromatic rings. The van der Waals surface area contributed by atoms with Gasteiger partial charge in [-0.2, -0.15) is 5.26 Å². The van der Waals surface area contributed by atoms with Crippen molar-refractivity contribution in [3.63, 3.8) is 0 Å². The van der Waals surface area contributed by atoms with Crippen molar-refractivity contribution in [2.24, 2.45) is 11.8 Å². The average molecular weight is 326 g/mol. The van der Waals surface area contributed by atoms with Crippen LogP contribution < -0.4 is 15.1 Å². The van der Waals surface area contributed by atoms with Crippen LogP contribution in [0.4, 0.5) is 11.4 Å². The van der Waals surface area contributed by atoms with Crippen LogP contribution in [0.15, 0.2) is 24.3 Å². The predicted molar refractivity (Wildman–Crippen MR) is 96.0 cm³/mol. The number of hydrogen-bond donors (Lipinski definition) is 1. The SMILES string of the molecule is C[C@@H]1CN(C)c2ccccc2N(CC(=O)N[C@](C)(C#N)C2CC2)C1. The van der Waals surface area contributed by atoms with Gasteiger partial charge in [-0.25, -0.2) is 0 Å². The molecule has 1 fully saturated rings. The number of fused-ring (bicyclic) bond motifs is 1. The minimum absolute atomic E-state index is 0.0718. The number of para-hydroxylation sites is 2. The summed E-state index contributed by atoms with van der Waals surface area (Å²) < 4.78 is 0. The van der Waals surface area contributed by atoms with Gasteiger partial charge >= 0.3 is 0 Å². The van der Waals surface area contributed by atoms with Crippen LogP contribution in [-0.2, 0) is 4.79 Å². The summed E-state index contributed by atoms with van der Waals surface area (Å²) >= 11 is 0. The van der Waals surface area contributed by atoms with Gasteiger partial charge in [0.25, 0.3) is 0 Å². The van der Waals surface area contributed by atoms with Crippen LogP contribution in [0.1, 0.15) is 26.7 Å². The quantitative estimate of drug-likeness (QED) is 0.923. The zero-order chi connectivity index (χ0) is 17.3. The van der Waals surface area contributed by atoms with Gasteiger partial charge in [0, 0.05) is 20.1 Å². The number of amides is 1. The molecule has 0 radical (unpaired) electrons. The number of nitriles is 1.